The number of hydrogen-bond donors (Lipinski definition) is 0. The van der Waals surface area contributed by atoms with Crippen molar-refractivity contribution in [1.29, 1.82) is 5.26 Å². The summed E-state index contributed by atoms with van der Waals surface area (Å²) in [5.41, 5.74) is 0. The predicted octanol–water partition coefficient (Wildman–Crippen LogP) is 2.73. The van der Waals surface area contributed by atoms with Crippen LogP contribution < -0.4 is 0 Å². The van der Waals surface area contributed by atoms with Crippen LogP contribution in [-0.4, -0.2) is 48.1 Å². The van der Waals surface area contributed by atoms with E-state index in [4.69, 9.17) is 0 Å². The van der Waals surface area contributed by atoms with E-state index in [1.54, 1.807) is 0 Å². The first-order valence-corrected chi connectivity index (χ1v) is 8.03. The van der Waals surface area contributed by atoms with E-state index in [9.17, 15) is 5.26 Å². The second-order valence-electron chi connectivity index (χ2n) is 6.56. The first-order valence-electron chi connectivity index (χ1n) is 8.03. The van der Waals surface area contributed by atoms with Crippen molar-refractivity contribution in [2.24, 2.45) is 11.8 Å². The summed E-state index contributed by atoms with van der Waals surface area (Å²) < 4.78 is 0. The predicted molar refractivity (Wildman–Crippen MR) is 78.8 cm³/mol. The second kappa shape index (κ2) is 6.72. The highest BCUT2D eigenvalue weighted by atomic mass is 15.3. The van der Waals surface area contributed by atoms with Crippen molar-refractivity contribution >= 4 is 0 Å². The molecular weight excluding hydrogens is 234 g/mol. The molecule has 2 rings (SSSR count). The Kier molecular flexibility index (Phi) is 5.24. The molecule has 0 radical (unpaired) electrons. The van der Waals surface area contributed by atoms with Crippen molar-refractivity contribution in [3.8, 4) is 6.07 Å². The lowest BCUT2D eigenvalue weighted by molar-refractivity contribution is 0.0386. The zero-order valence-electron chi connectivity index (χ0n) is 12.8. The van der Waals surface area contributed by atoms with Crippen molar-refractivity contribution in [1.82, 2.24) is 9.80 Å². The zero-order chi connectivity index (χ0) is 13.8. The normalized spacial score (nSPS) is 34.4. The van der Waals surface area contributed by atoms with Crippen LogP contribution in [0.2, 0.25) is 0 Å². The fourth-order valence-corrected chi connectivity index (χ4v) is 3.74. The van der Waals surface area contributed by atoms with E-state index >= 15 is 0 Å². The zero-order valence-corrected chi connectivity index (χ0v) is 12.8. The SMILES string of the molecule is CCC1CCC(C#N)C(N2CCN(C(C)C)CC2)C1. The standard InChI is InChI=1S/C16H29N3/c1-4-14-5-6-15(12-17)16(11-14)19-9-7-18(8-10-19)13(2)3/h13-16H,4-11H2,1-3H3. The molecule has 3 unspecified atom stereocenters. The molecule has 1 aliphatic heterocycles. The number of piperazine rings is 1. The van der Waals surface area contributed by atoms with Gasteiger partial charge in [0, 0.05) is 38.3 Å². The molecule has 1 aliphatic carbocycles. The van der Waals surface area contributed by atoms with Crippen LogP contribution in [0.4, 0.5) is 0 Å². The number of nitrogens with zero attached hydrogens (tertiary/aromatic N) is 3. The van der Waals surface area contributed by atoms with Gasteiger partial charge < -0.3 is 0 Å². The van der Waals surface area contributed by atoms with Gasteiger partial charge in [0.1, 0.15) is 0 Å². The smallest absolute Gasteiger partial charge is 0.0672 e. The van der Waals surface area contributed by atoms with Crippen molar-refractivity contribution in [3.05, 3.63) is 0 Å². The minimum Gasteiger partial charge on any atom is -0.298 e. The van der Waals surface area contributed by atoms with Crippen molar-refractivity contribution in [2.45, 2.75) is 58.5 Å². The number of hydrogen-bond acceptors (Lipinski definition) is 3. The van der Waals surface area contributed by atoms with Crippen LogP contribution in [0.15, 0.2) is 0 Å². The average Bonchev–Trinajstić information content (AvgIpc) is 2.46. The topological polar surface area (TPSA) is 30.3 Å². The lowest BCUT2D eigenvalue weighted by atomic mass is 9.77. The summed E-state index contributed by atoms with van der Waals surface area (Å²) in [5, 5.41) is 9.40. The molecule has 19 heavy (non-hydrogen) atoms. The third-order valence-electron chi connectivity index (χ3n) is 5.22. The summed E-state index contributed by atoms with van der Waals surface area (Å²) in [6, 6.07) is 3.76. The summed E-state index contributed by atoms with van der Waals surface area (Å²) in [6.07, 6.45) is 4.90. The molecule has 3 atom stereocenters. The van der Waals surface area contributed by atoms with E-state index in [-0.39, 0.29) is 5.92 Å². The largest absolute Gasteiger partial charge is 0.298 e. The number of nitriles is 1. The first kappa shape index (κ1) is 14.8. The summed E-state index contributed by atoms with van der Waals surface area (Å²) in [7, 11) is 0. The van der Waals surface area contributed by atoms with Crippen molar-refractivity contribution < 1.29 is 0 Å². The highest BCUT2D eigenvalue weighted by molar-refractivity contribution is 4.98. The Morgan fingerprint density at radius 1 is 1.16 bits per heavy atom. The molecule has 0 aromatic heterocycles. The minimum atomic E-state index is 0.272. The van der Waals surface area contributed by atoms with E-state index in [1.807, 2.05) is 0 Å². The van der Waals surface area contributed by atoms with Crippen molar-refractivity contribution in [3.63, 3.8) is 0 Å². The van der Waals surface area contributed by atoms with Crippen LogP contribution >= 0.6 is 0 Å². The maximum Gasteiger partial charge on any atom is 0.0672 e. The van der Waals surface area contributed by atoms with E-state index in [1.165, 1.54) is 32.4 Å². The van der Waals surface area contributed by atoms with Gasteiger partial charge >= 0.3 is 0 Å². The third-order valence-corrected chi connectivity index (χ3v) is 5.22. The molecular formula is C16H29N3. The molecule has 0 bridgehead atoms. The summed E-state index contributed by atoms with van der Waals surface area (Å²) >= 11 is 0. The molecule has 108 valence electrons. The van der Waals surface area contributed by atoms with Gasteiger partial charge in [0.2, 0.25) is 0 Å². The quantitative estimate of drug-likeness (QED) is 0.784. The summed E-state index contributed by atoms with van der Waals surface area (Å²) in [6.45, 7) is 11.5. The minimum absolute atomic E-state index is 0.272. The van der Waals surface area contributed by atoms with Gasteiger partial charge in [-0.2, -0.15) is 5.26 Å². The average molecular weight is 263 g/mol. The van der Waals surface area contributed by atoms with Gasteiger partial charge in [0.15, 0.2) is 0 Å². The molecule has 2 aliphatic rings. The first-order chi connectivity index (χ1) is 9.15. The maximum atomic E-state index is 9.40. The van der Waals surface area contributed by atoms with E-state index in [0.717, 1.165) is 25.4 Å². The highest BCUT2D eigenvalue weighted by Gasteiger charge is 2.35. The van der Waals surface area contributed by atoms with Gasteiger partial charge in [-0.15, -0.1) is 0 Å². The Balaban J connectivity index is 1.94. The molecule has 3 nitrogen and oxygen atoms in total. The fraction of sp³-hybridized carbons (Fsp3) is 0.938. The lowest BCUT2D eigenvalue weighted by Crippen LogP contribution is -2.54. The molecule has 0 aromatic carbocycles. The molecule has 0 amide bonds. The highest BCUT2D eigenvalue weighted by Crippen LogP contribution is 2.34. The Labute approximate surface area is 118 Å². The molecule has 0 N–H and O–H groups in total. The Morgan fingerprint density at radius 2 is 1.84 bits per heavy atom. The Bertz CT molecular complexity index is 312. The van der Waals surface area contributed by atoms with Crippen LogP contribution in [0.1, 0.15) is 46.5 Å². The summed E-state index contributed by atoms with van der Waals surface area (Å²) in [4.78, 5) is 5.16. The van der Waals surface area contributed by atoms with Crippen LogP contribution in [0.25, 0.3) is 0 Å². The van der Waals surface area contributed by atoms with Gasteiger partial charge in [-0.05, 0) is 39.0 Å². The van der Waals surface area contributed by atoms with Gasteiger partial charge in [-0.25, -0.2) is 0 Å². The molecule has 0 spiro atoms. The van der Waals surface area contributed by atoms with Gasteiger partial charge in [0.25, 0.3) is 0 Å². The molecule has 1 saturated carbocycles. The second-order valence-corrected chi connectivity index (χ2v) is 6.56. The van der Waals surface area contributed by atoms with Crippen LogP contribution in [-0.2, 0) is 0 Å². The van der Waals surface area contributed by atoms with Gasteiger partial charge in [0.05, 0.1) is 12.0 Å². The van der Waals surface area contributed by atoms with Crippen LogP contribution in [0, 0.1) is 23.2 Å². The third kappa shape index (κ3) is 3.49. The number of rotatable bonds is 3. The molecule has 2 fully saturated rings. The van der Waals surface area contributed by atoms with E-state index < -0.39 is 0 Å². The fourth-order valence-electron chi connectivity index (χ4n) is 3.74. The van der Waals surface area contributed by atoms with Crippen LogP contribution in [0.5, 0.6) is 0 Å². The van der Waals surface area contributed by atoms with Gasteiger partial charge in [-0.3, -0.25) is 9.80 Å². The summed E-state index contributed by atoms with van der Waals surface area (Å²) in [5.74, 6) is 1.12. The van der Waals surface area contributed by atoms with E-state index in [2.05, 4.69) is 36.6 Å². The van der Waals surface area contributed by atoms with E-state index in [0.29, 0.717) is 12.1 Å². The Morgan fingerprint density at radius 3 is 2.37 bits per heavy atom. The molecule has 3 heteroatoms. The lowest BCUT2D eigenvalue weighted by Gasteiger charge is -2.45. The maximum absolute atomic E-state index is 9.40. The molecule has 0 aromatic rings. The monoisotopic (exact) mass is 263 g/mol. The van der Waals surface area contributed by atoms with Gasteiger partial charge in [-0.1, -0.05) is 13.3 Å². The molecule has 1 heterocycles. The van der Waals surface area contributed by atoms with Crippen LogP contribution in [0.3, 0.4) is 0 Å². The Hall–Kier alpha value is -0.590. The van der Waals surface area contributed by atoms with Crippen molar-refractivity contribution in [2.75, 3.05) is 26.2 Å². The molecule has 1 saturated heterocycles.